The zero-order valence-electron chi connectivity index (χ0n) is 9.19. The molecule has 1 rings (SSSR count). The molecule has 4 nitrogen and oxygen atoms in total. The number of hydrogen-bond acceptors (Lipinski definition) is 4. The van der Waals surface area contributed by atoms with E-state index in [0.717, 1.165) is 0 Å². The fourth-order valence-corrected chi connectivity index (χ4v) is 3.76. The molecule has 6 heteroatoms. The Kier molecular flexibility index (Phi) is 6.76. The van der Waals surface area contributed by atoms with Gasteiger partial charge in [0.1, 0.15) is 5.78 Å². The summed E-state index contributed by atoms with van der Waals surface area (Å²) in [5.74, 6) is 0.162. The van der Waals surface area contributed by atoms with Gasteiger partial charge in [-0.15, -0.1) is 0 Å². The van der Waals surface area contributed by atoms with Crippen LogP contribution in [0.15, 0.2) is 0 Å². The summed E-state index contributed by atoms with van der Waals surface area (Å²) >= 11 is 0. The van der Waals surface area contributed by atoms with E-state index in [2.05, 4.69) is 0 Å². The van der Waals surface area contributed by atoms with Crippen LogP contribution < -0.4 is 0 Å². The standard InChI is InChI=1S/C9H17O4P.H2S/c1-3-12-14(11,13-4-2)9-6-5-8(10)7-9;/h9H,3-7H2,1-2H3;1H2/t9-;/m0./s1. The Morgan fingerprint density at radius 1 is 1.33 bits per heavy atom. The van der Waals surface area contributed by atoms with Crippen LogP contribution in [0.5, 0.6) is 0 Å². The van der Waals surface area contributed by atoms with Crippen molar-refractivity contribution in [3.05, 3.63) is 0 Å². The van der Waals surface area contributed by atoms with Gasteiger partial charge in [-0.05, 0) is 20.3 Å². The Morgan fingerprint density at radius 2 is 1.87 bits per heavy atom. The highest BCUT2D eigenvalue weighted by atomic mass is 32.1. The van der Waals surface area contributed by atoms with Crippen molar-refractivity contribution in [3.8, 4) is 0 Å². The van der Waals surface area contributed by atoms with Crippen molar-refractivity contribution in [1.82, 2.24) is 0 Å². The van der Waals surface area contributed by atoms with Crippen LogP contribution in [0.25, 0.3) is 0 Å². The molecule has 0 saturated heterocycles. The predicted molar refractivity (Wildman–Crippen MR) is 63.9 cm³/mol. The topological polar surface area (TPSA) is 52.6 Å². The highest BCUT2D eigenvalue weighted by Crippen LogP contribution is 2.57. The maximum Gasteiger partial charge on any atom is 0.334 e. The van der Waals surface area contributed by atoms with Crippen LogP contribution in [-0.4, -0.2) is 24.7 Å². The summed E-state index contributed by atoms with van der Waals surface area (Å²) in [5, 5.41) is 0. The summed E-state index contributed by atoms with van der Waals surface area (Å²) in [5.41, 5.74) is -0.213. The number of Topliss-reactive ketones (excluding diaryl/α,β-unsaturated/α-hetero) is 1. The van der Waals surface area contributed by atoms with Crippen LogP contribution in [0.1, 0.15) is 33.1 Å². The lowest BCUT2D eigenvalue weighted by Crippen LogP contribution is -2.10. The van der Waals surface area contributed by atoms with Crippen molar-refractivity contribution < 1.29 is 18.4 Å². The van der Waals surface area contributed by atoms with Gasteiger partial charge < -0.3 is 9.05 Å². The van der Waals surface area contributed by atoms with Crippen LogP contribution in [0.4, 0.5) is 0 Å². The second-order valence-electron chi connectivity index (χ2n) is 3.31. The normalized spacial score (nSPS) is 21.5. The molecule has 0 heterocycles. The first-order valence-corrected chi connectivity index (χ1v) is 6.64. The Balaban J connectivity index is 0.00000196. The summed E-state index contributed by atoms with van der Waals surface area (Å²) in [6.07, 6.45) is 1.49. The minimum atomic E-state index is -3.03. The van der Waals surface area contributed by atoms with Gasteiger partial charge in [0, 0.05) is 12.8 Å². The molecule has 0 aromatic heterocycles. The molecule has 1 saturated carbocycles. The molecule has 1 atom stereocenters. The molecular weight excluding hydrogens is 235 g/mol. The average Bonchev–Trinajstić information content (AvgIpc) is 2.53. The molecular formula is C9H19O4PS. The predicted octanol–water partition coefficient (Wildman–Crippen LogP) is 2.49. The number of carbonyl (C=O) groups is 1. The quantitative estimate of drug-likeness (QED) is 0.707. The van der Waals surface area contributed by atoms with Gasteiger partial charge in [0.2, 0.25) is 0 Å². The fraction of sp³-hybridized carbons (Fsp3) is 0.889. The summed E-state index contributed by atoms with van der Waals surface area (Å²) in [6, 6.07) is 0. The molecule has 1 aliphatic rings. The second-order valence-corrected chi connectivity index (χ2v) is 5.64. The Bertz CT molecular complexity index is 246. The highest BCUT2D eigenvalue weighted by Gasteiger charge is 2.40. The molecule has 0 N–H and O–H groups in total. The van der Waals surface area contributed by atoms with Crippen molar-refractivity contribution in [1.29, 1.82) is 0 Å². The van der Waals surface area contributed by atoms with E-state index in [0.29, 0.717) is 32.5 Å². The first-order valence-electron chi connectivity index (χ1n) is 5.03. The van der Waals surface area contributed by atoms with Crippen molar-refractivity contribution in [3.63, 3.8) is 0 Å². The van der Waals surface area contributed by atoms with Crippen LogP contribution in [0, 0.1) is 0 Å². The Hall–Kier alpha value is 0.170. The van der Waals surface area contributed by atoms with Crippen molar-refractivity contribution in [2.45, 2.75) is 38.8 Å². The lowest BCUT2D eigenvalue weighted by molar-refractivity contribution is -0.117. The fourth-order valence-electron chi connectivity index (χ4n) is 1.67. The zero-order valence-corrected chi connectivity index (χ0v) is 11.1. The monoisotopic (exact) mass is 254 g/mol. The van der Waals surface area contributed by atoms with Gasteiger partial charge in [-0.25, -0.2) is 0 Å². The summed E-state index contributed by atoms with van der Waals surface area (Å²) in [4.78, 5) is 11.1. The molecule has 1 aliphatic carbocycles. The number of ketones is 1. The molecule has 90 valence electrons. The molecule has 15 heavy (non-hydrogen) atoms. The van der Waals surface area contributed by atoms with Crippen LogP contribution in [0.2, 0.25) is 0 Å². The molecule has 1 fully saturated rings. The smallest absolute Gasteiger partial charge is 0.309 e. The molecule has 0 amide bonds. The van der Waals surface area contributed by atoms with Crippen LogP contribution in [-0.2, 0) is 18.4 Å². The van der Waals surface area contributed by atoms with Gasteiger partial charge >= 0.3 is 7.60 Å². The SMILES string of the molecule is CCOP(=O)(OCC)[C@H]1CCC(=O)C1.S. The van der Waals surface area contributed by atoms with Gasteiger partial charge in [-0.3, -0.25) is 9.36 Å². The maximum absolute atomic E-state index is 12.2. The third-order valence-corrected chi connectivity index (χ3v) is 4.86. The van der Waals surface area contributed by atoms with Gasteiger partial charge in [0.05, 0.1) is 18.9 Å². The van der Waals surface area contributed by atoms with Gasteiger partial charge in [-0.2, -0.15) is 13.5 Å². The van der Waals surface area contributed by atoms with E-state index in [1.165, 1.54) is 0 Å². The van der Waals surface area contributed by atoms with E-state index >= 15 is 0 Å². The maximum atomic E-state index is 12.2. The lowest BCUT2D eigenvalue weighted by Gasteiger charge is -2.21. The number of hydrogen-bond donors (Lipinski definition) is 0. The van der Waals surface area contributed by atoms with Crippen molar-refractivity contribution in [2.24, 2.45) is 0 Å². The number of rotatable bonds is 5. The third kappa shape index (κ3) is 3.91. The van der Waals surface area contributed by atoms with Gasteiger partial charge in [0.15, 0.2) is 0 Å². The van der Waals surface area contributed by atoms with E-state index in [1.807, 2.05) is 0 Å². The van der Waals surface area contributed by atoms with E-state index in [9.17, 15) is 9.36 Å². The summed E-state index contributed by atoms with van der Waals surface area (Å²) < 4.78 is 22.5. The lowest BCUT2D eigenvalue weighted by atomic mass is 10.4. The number of carbonyl (C=O) groups excluding carboxylic acids is 1. The van der Waals surface area contributed by atoms with E-state index in [-0.39, 0.29) is 24.9 Å². The molecule has 0 aromatic carbocycles. The van der Waals surface area contributed by atoms with Crippen molar-refractivity contribution >= 4 is 26.9 Å². The molecule has 0 bridgehead atoms. The van der Waals surface area contributed by atoms with Gasteiger partial charge in [-0.1, -0.05) is 0 Å². The van der Waals surface area contributed by atoms with E-state index < -0.39 is 7.60 Å². The summed E-state index contributed by atoms with van der Waals surface area (Å²) in [6.45, 7) is 4.29. The molecule has 0 aromatic rings. The first kappa shape index (κ1) is 15.2. The van der Waals surface area contributed by atoms with E-state index in [4.69, 9.17) is 9.05 Å². The zero-order chi connectivity index (χ0) is 10.6. The minimum Gasteiger partial charge on any atom is -0.309 e. The Morgan fingerprint density at radius 3 is 2.20 bits per heavy atom. The molecule has 0 radical (unpaired) electrons. The third-order valence-electron chi connectivity index (χ3n) is 2.28. The molecule has 0 spiro atoms. The molecule has 0 unspecified atom stereocenters. The Labute approximate surface area is 97.7 Å². The van der Waals surface area contributed by atoms with Crippen LogP contribution in [0.3, 0.4) is 0 Å². The largest absolute Gasteiger partial charge is 0.334 e. The van der Waals surface area contributed by atoms with Crippen LogP contribution >= 0.6 is 21.1 Å². The van der Waals surface area contributed by atoms with Crippen molar-refractivity contribution in [2.75, 3.05) is 13.2 Å². The average molecular weight is 254 g/mol. The molecule has 0 aliphatic heterocycles. The first-order chi connectivity index (χ1) is 6.62. The van der Waals surface area contributed by atoms with E-state index in [1.54, 1.807) is 13.8 Å². The summed E-state index contributed by atoms with van der Waals surface area (Å²) in [7, 11) is -3.03. The highest BCUT2D eigenvalue weighted by molar-refractivity contribution is 7.59. The second kappa shape index (κ2) is 6.69. The minimum absolute atomic E-state index is 0. The van der Waals surface area contributed by atoms with Gasteiger partial charge in [0.25, 0.3) is 0 Å².